The fourth-order valence-electron chi connectivity index (χ4n) is 2.20. The van der Waals surface area contributed by atoms with E-state index in [2.05, 4.69) is 5.32 Å². The minimum atomic E-state index is -0.387. The number of hydrogen-bond donors (Lipinski definition) is 2. The number of rotatable bonds is 5. The van der Waals surface area contributed by atoms with Crippen molar-refractivity contribution in [1.29, 1.82) is 0 Å². The molecular weight excluding hydrogens is 234 g/mol. The lowest BCUT2D eigenvalue weighted by Gasteiger charge is -2.37. The lowest BCUT2D eigenvalue weighted by molar-refractivity contribution is -0.146. The van der Waals surface area contributed by atoms with E-state index in [4.69, 9.17) is 10.5 Å². The molecule has 1 saturated heterocycles. The van der Waals surface area contributed by atoms with Gasteiger partial charge in [-0.15, -0.1) is 0 Å². The summed E-state index contributed by atoms with van der Waals surface area (Å²) in [7, 11) is 1.54. The summed E-state index contributed by atoms with van der Waals surface area (Å²) in [5.41, 5.74) is 5.51. The maximum Gasteiger partial charge on any atom is 0.243 e. The van der Waals surface area contributed by atoms with Crippen molar-refractivity contribution in [3.63, 3.8) is 0 Å². The highest BCUT2D eigenvalue weighted by atomic mass is 16.5. The number of methoxy groups -OCH3 is 1. The van der Waals surface area contributed by atoms with Crippen LogP contribution in [0, 0.1) is 5.92 Å². The van der Waals surface area contributed by atoms with Crippen molar-refractivity contribution >= 4 is 11.8 Å². The highest BCUT2D eigenvalue weighted by Gasteiger charge is 2.35. The Bertz CT molecular complexity index is 303. The lowest BCUT2D eigenvalue weighted by Crippen LogP contribution is -2.59. The minimum absolute atomic E-state index is 0.0687. The van der Waals surface area contributed by atoms with Gasteiger partial charge in [0, 0.05) is 26.7 Å². The van der Waals surface area contributed by atoms with Crippen LogP contribution >= 0.6 is 0 Å². The first-order chi connectivity index (χ1) is 8.51. The van der Waals surface area contributed by atoms with E-state index in [-0.39, 0.29) is 36.3 Å². The third-order valence-corrected chi connectivity index (χ3v) is 3.21. The third-order valence-electron chi connectivity index (χ3n) is 3.21. The molecule has 2 amide bonds. The number of carbonyl (C=O) groups is 2. The van der Waals surface area contributed by atoms with Gasteiger partial charge in [-0.05, 0) is 5.92 Å². The van der Waals surface area contributed by atoms with Crippen LogP contribution < -0.4 is 11.1 Å². The molecule has 0 spiro atoms. The maximum atomic E-state index is 12.2. The molecule has 18 heavy (non-hydrogen) atoms. The van der Waals surface area contributed by atoms with Gasteiger partial charge in [0.15, 0.2) is 0 Å². The molecule has 6 heteroatoms. The Morgan fingerprint density at radius 1 is 1.61 bits per heavy atom. The predicted octanol–water partition coefficient (Wildman–Crippen LogP) is -0.667. The molecule has 0 aliphatic carbocycles. The molecule has 3 N–H and O–H groups in total. The first-order valence-corrected chi connectivity index (χ1v) is 6.31. The summed E-state index contributed by atoms with van der Waals surface area (Å²) in [5, 5.41) is 2.79. The van der Waals surface area contributed by atoms with Gasteiger partial charge in [0.05, 0.1) is 12.5 Å². The van der Waals surface area contributed by atoms with E-state index in [9.17, 15) is 9.59 Å². The van der Waals surface area contributed by atoms with Crippen molar-refractivity contribution in [2.45, 2.75) is 32.4 Å². The van der Waals surface area contributed by atoms with Crippen LogP contribution in [-0.2, 0) is 14.3 Å². The molecule has 0 aromatic carbocycles. The average Bonchev–Trinajstić information content (AvgIpc) is 2.34. The Balaban J connectivity index is 2.72. The number of nitrogens with zero attached hydrogens (tertiary/aromatic N) is 1. The summed E-state index contributed by atoms with van der Waals surface area (Å²) in [6.45, 7) is 5.23. The van der Waals surface area contributed by atoms with Gasteiger partial charge in [-0.1, -0.05) is 13.8 Å². The second kappa shape index (κ2) is 6.70. The summed E-state index contributed by atoms with van der Waals surface area (Å²) in [6, 6.07) is -0.387. The summed E-state index contributed by atoms with van der Waals surface area (Å²) < 4.78 is 5.11. The lowest BCUT2D eigenvalue weighted by atomic mass is 9.99. The number of nitrogens with two attached hydrogens (primary N) is 1. The van der Waals surface area contributed by atoms with Crippen LogP contribution in [0.4, 0.5) is 0 Å². The highest BCUT2D eigenvalue weighted by molar-refractivity contribution is 5.89. The van der Waals surface area contributed by atoms with Gasteiger partial charge in [0.2, 0.25) is 11.8 Å². The second-order valence-electron chi connectivity index (χ2n) is 4.86. The van der Waals surface area contributed by atoms with Gasteiger partial charge in [-0.25, -0.2) is 0 Å². The molecule has 0 radical (unpaired) electrons. The molecule has 1 heterocycles. The number of ether oxygens (including phenoxy) is 1. The fourth-order valence-corrected chi connectivity index (χ4v) is 2.20. The van der Waals surface area contributed by atoms with Gasteiger partial charge in [-0.2, -0.15) is 0 Å². The number of nitrogens with one attached hydrogen (secondary N) is 1. The number of amides is 2. The van der Waals surface area contributed by atoms with Crippen molar-refractivity contribution in [2.75, 3.05) is 26.7 Å². The van der Waals surface area contributed by atoms with Crippen LogP contribution in [0.1, 0.15) is 20.3 Å². The third kappa shape index (κ3) is 3.43. The normalized spacial score (nSPS) is 21.9. The van der Waals surface area contributed by atoms with Crippen LogP contribution in [0.2, 0.25) is 0 Å². The van der Waals surface area contributed by atoms with E-state index < -0.39 is 0 Å². The Morgan fingerprint density at radius 3 is 2.78 bits per heavy atom. The first-order valence-electron chi connectivity index (χ1n) is 6.31. The Kier molecular flexibility index (Phi) is 5.55. The first kappa shape index (κ1) is 14.9. The zero-order chi connectivity index (χ0) is 13.7. The van der Waals surface area contributed by atoms with Gasteiger partial charge in [0.25, 0.3) is 0 Å². The summed E-state index contributed by atoms with van der Waals surface area (Å²) in [4.78, 5) is 25.7. The SMILES string of the molecule is COC(CN)CC(=O)N1CCNC(=O)C1C(C)C. The molecule has 1 aliphatic heterocycles. The average molecular weight is 257 g/mol. The van der Waals surface area contributed by atoms with E-state index in [1.807, 2.05) is 13.8 Å². The maximum absolute atomic E-state index is 12.2. The van der Waals surface area contributed by atoms with Crippen LogP contribution in [0.5, 0.6) is 0 Å². The molecule has 2 unspecified atom stereocenters. The van der Waals surface area contributed by atoms with Crippen molar-refractivity contribution in [3.05, 3.63) is 0 Å². The zero-order valence-electron chi connectivity index (χ0n) is 11.3. The van der Waals surface area contributed by atoms with Crippen molar-refractivity contribution in [3.8, 4) is 0 Å². The van der Waals surface area contributed by atoms with Gasteiger partial charge < -0.3 is 20.7 Å². The quantitative estimate of drug-likeness (QED) is 0.684. The molecule has 0 bridgehead atoms. The molecule has 0 saturated carbocycles. The number of hydrogen-bond acceptors (Lipinski definition) is 4. The van der Waals surface area contributed by atoms with E-state index in [0.29, 0.717) is 19.6 Å². The monoisotopic (exact) mass is 257 g/mol. The van der Waals surface area contributed by atoms with Gasteiger partial charge >= 0.3 is 0 Å². The second-order valence-corrected chi connectivity index (χ2v) is 4.86. The molecule has 1 rings (SSSR count). The van der Waals surface area contributed by atoms with Crippen molar-refractivity contribution < 1.29 is 14.3 Å². The van der Waals surface area contributed by atoms with Crippen LogP contribution in [0.15, 0.2) is 0 Å². The molecule has 0 aromatic heterocycles. The van der Waals surface area contributed by atoms with E-state index in [1.165, 1.54) is 7.11 Å². The molecule has 104 valence electrons. The van der Waals surface area contributed by atoms with Gasteiger partial charge in [-0.3, -0.25) is 9.59 Å². The smallest absolute Gasteiger partial charge is 0.243 e. The number of carbonyl (C=O) groups excluding carboxylic acids is 2. The Labute approximate surface area is 108 Å². The highest BCUT2D eigenvalue weighted by Crippen LogP contribution is 2.16. The number of piperazine rings is 1. The van der Waals surface area contributed by atoms with Crippen LogP contribution in [0.3, 0.4) is 0 Å². The molecule has 2 atom stereocenters. The minimum Gasteiger partial charge on any atom is -0.380 e. The van der Waals surface area contributed by atoms with Crippen LogP contribution in [0.25, 0.3) is 0 Å². The van der Waals surface area contributed by atoms with Crippen LogP contribution in [-0.4, -0.2) is 55.6 Å². The fraction of sp³-hybridized carbons (Fsp3) is 0.833. The largest absolute Gasteiger partial charge is 0.380 e. The molecule has 6 nitrogen and oxygen atoms in total. The summed E-state index contributed by atoms with van der Waals surface area (Å²) >= 11 is 0. The standard InChI is InChI=1S/C12H23N3O3/c1-8(2)11-12(17)14-4-5-15(11)10(16)6-9(7-13)18-3/h8-9,11H,4-7,13H2,1-3H3,(H,14,17). The molecular formula is C12H23N3O3. The van der Waals surface area contributed by atoms with Gasteiger partial charge in [0.1, 0.15) is 6.04 Å². The van der Waals surface area contributed by atoms with Crippen molar-refractivity contribution in [1.82, 2.24) is 10.2 Å². The zero-order valence-corrected chi connectivity index (χ0v) is 11.3. The van der Waals surface area contributed by atoms with Crippen molar-refractivity contribution in [2.24, 2.45) is 11.7 Å². The molecule has 1 aliphatic rings. The topological polar surface area (TPSA) is 84.7 Å². The Morgan fingerprint density at radius 2 is 2.28 bits per heavy atom. The molecule has 1 fully saturated rings. The molecule has 0 aromatic rings. The van der Waals surface area contributed by atoms with E-state index in [0.717, 1.165) is 0 Å². The van der Waals surface area contributed by atoms with E-state index >= 15 is 0 Å². The Hall–Kier alpha value is -1.14. The summed E-state index contributed by atoms with van der Waals surface area (Å²) in [6.07, 6.45) is -0.0564. The van der Waals surface area contributed by atoms with E-state index in [1.54, 1.807) is 4.90 Å². The summed E-state index contributed by atoms with van der Waals surface area (Å²) in [5.74, 6) is -0.0553. The predicted molar refractivity (Wildman–Crippen MR) is 67.8 cm³/mol.